The van der Waals surface area contributed by atoms with E-state index in [-0.39, 0.29) is 0 Å². The van der Waals surface area contributed by atoms with Crippen LogP contribution in [0.3, 0.4) is 0 Å². The van der Waals surface area contributed by atoms with E-state index in [2.05, 4.69) is 27.0 Å². The van der Waals surface area contributed by atoms with Gasteiger partial charge in [0.2, 0.25) is 0 Å². The Morgan fingerprint density at radius 1 is 1.43 bits per heavy atom. The number of rotatable bonds is 9. The number of hydrogen-bond donors (Lipinski definition) is 1. The van der Waals surface area contributed by atoms with Crippen LogP contribution in [0.15, 0.2) is 6.33 Å². The van der Waals surface area contributed by atoms with Crippen LogP contribution in [0.4, 0.5) is 0 Å². The smallest absolute Gasteiger partial charge is 0.138 e. The predicted molar refractivity (Wildman–Crippen MR) is 82.0 cm³/mol. The van der Waals surface area contributed by atoms with E-state index in [1.165, 1.54) is 25.1 Å². The van der Waals surface area contributed by atoms with Gasteiger partial charge >= 0.3 is 0 Å². The largest absolute Gasteiger partial charge is 0.383 e. The molecule has 1 heterocycles. The topological polar surface area (TPSA) is 52.0 Å². The molecule has 0 amide bonds. The van der Waals surface area contributed by atoms with Crippen molar-refractivity contribution in [3.8, 4) is 0 Å². The van der Waals surface area contributed by atoms with Gasteiger partial charge in [-0.05, 0) is 42.9 Å². The van der Waals surface area contributed by atoms with Crippen molar-refractivity contribution in [2.24, 2.45) is 17.3 Å². The van der Waals surface area contributed by atoms with Crippen LogP contribution >= 0.6 is 0 Å². The van der Waals surface area contributed by atoms with Crippen LogP contribution in [0, 0.1) is 17.3 Å². The molecule has 21 heavy (non-hydrogen) atoms. The molecular weight excluding hydrogens is 264 g/mol. The van der Waals surface area contributed by atoms with Gasteiger partial charge < -0.3 is 10.1 Å². The third-order valence-corrected chi connectivity index (χ3v) is 5.11. The molecule has 0 spiro atoms. The van der Waals surface area contributed by atoms with Gasteiger partial charge in [-0.1, -0.05) is 6.92 Å². The molecule has 2 atom stereocenters. The molecule has 5 heteroatoms. The third-order valence-electron chi connectivity index (χ3n) is 5.11. The minimum absolute atomic E-state index is 0.389. The van der Waals surface area contributed by atoms with Gasteiger partial charge in [0, 0.05) is 33.2 Å². The molecule has 1 N–H and O–H groups in total. The second-order valence-corrected chi connectivity index (χ2v) is 6.91. The molecule has 2 fully saturated rings. The van der Waals surface area contributed by atoms with Crippen LogP contribution in [-0.4, -0.2) is 41.6 Å². The Labute approximate surface area is 127 Å². The minimum Gasteiger partial charge on any atom is -0.383 e. The average molecular weight is 292 g/mol. The van der Waals surface area contributed by atoms with E-state index in [0.717, 1.165) is 50.9 Å². The normalized spacial score (nSPS) is 30.6. The summed E-state index contributed by atoms with van der Waals surface area (Å²) in [6, 6.07) is 0. The molecule has 2 aliphatic rings. The van der Waals surface area contributed by atoms with Gasteiger partial charge in [-0.3, -0.25) is 4.68 Å². The summed E-state index contributed by atoms with van der Waals surface area (Å²) in [7, 11) is 1.76. The molecule has 0 radical (unpaired) electrons. The molecule has 0 aromatic carbocycles. The Kier molecular flexibility index (Phi) is 4.60. The van der Waals surface area contributed by atoms with Gasteiger partial charge in [0.1, 0.15) is 12.2 Å². The van der Waals surface area contributed by atoms with Gasteiger partial charge in [0.15, 0.2) is 0 Å². The van der Waals surface area contributed by atoms with Crippen LogP contribution in [-0.2, 0) is 17.7 Å². The van der Waals surface area contributed by atoms with Crippen LogP contribution in [0.25, 0.3) is 0 Å². The van der Waals surface area contributed by atoms with Crippen molar-refractivity contribution >= 4 is 0 Å². The van der Waals surface area contributed by atoms with E-state index < -0.39 is 0 Å². The Morgan fingerprint density at radius 2 is 2.24 bits per heavy atom. The summed E-state index contributed by atoms with van der Waals surface area (Å²) in [5.74, 6) is 3.14. The zero-order chi connectivity index (χ0) is 14.7. The van der Waals surface area contributed by atoms with Crippen molar-refractivity contribution < 1.29 is 4.74 Å². The number of fused-ring (bicyclic) bond motifs is 1. The lowest BCUT2D eigenvalue weighted by molar-refractivity contribution is 0.184. The van der Waals surface area contributed by atoms with Crippen molar-refractivity contribution in [3.63, 3.8) is 0 Å². The maximum atomic E-state index is 5.14. The Hall–Kier alpha value is -0.940. The highest BCUT2D eigenvalue weighted by Gasteiger charge is 2.53. The predicted octanol–water partition coefficient (Wildman–Crippen LogP) is 1.88. The number of nitrogens with zero attached hydrogens (tertiary/aromatic N) is 3. The van der Waals surface area contributed by atoms with Crippen LogP contribution in [0.5, 0.6) is 0 Å². The fraction of sp³-hybridized carbons (Fsp3) is 0.875. The van der Waals surface area contributed by atoms with E-state index in [9.17, 15) is 0 Å². The van der Waals surface area contributed by atoms with Gasteiger partial charge in [0.05, 0.1) is 6.61 Å². The molecule has 118 valence electrons. The lowest BCUT2D eigenvalue weighted by Gasteiger charge is -2.31. The fourth-order valence-electron chi connectivity index (χ4n) is 4.04. The highest BCUT2D eigenvalue weighted by Crippen LogP contribution is 2.60. The molecule has 1 aromatic heterocycles. The zero-order valence-corrected chi connectivity index (χ0v) is 13.3. The maximum Gasteiger partial charge on any atom is 0.138 e. The molecular formula is C16H28N4O. The van der Waals surface area contributed by atoms with Crippen LogP contribution in [0.2, 0.25) is 0 Å². The monoisotopic (exact) mass is 292 g/mol. The molecule has 0 saturated heterocycles. The maximum absolute atomic E-state index is 5.14. The number of aromatic nitrogens is 3. The van der Waals surface area contributed by atoms with E-state index in [0.29, 0.717) is 5.41 Å². The number of methoxy groups -OCH3 is 1. The van der Waals surface area contributed by atoms with E-state index in [1.54, 1.807) is 13.4 Å². The molecule has 1 aromatic rings. The lowest BCUT2D eigenvalue weighted by Crippen LogP contribution is -2.37. The molecule has 0 aliphatic heterocycles. The quantitative estimate of drug-likeness (QED) is 0.706. The summed E-state index contributed by atoms with van der Waals surface area (Å²) in [6.07, 6.45) is 8.07. The SMILES string of the molecule is CCCn1ncnc1CC1(CNCCOC)CC2CC2C1. The van der Waals surface area contributed by atoms with Gasteiger partial charge in [-0.25, -0.2) is 4.98 Å². The second kappa shape index (κ2) is 6.44. The molecule has 3 rings (SSSR count). The highest BCUT2D eigenvalue weighted by atomic mass is 16.5. The van der Waals surface area contributed by atoms with E-state index in [1.807, 2.05) is 0 Å². The summed E-state index contributed by atoms with van der Waals surface area (Å²) in [4.78, 5) is 4.53. The minimum atomic E-state index is 0.389. The number of ether oxygens (including phenoxy) is 1. The fourth-order valence-corrected chi connectivity index (χ4v) is 4.04. The Balaban J connectivity index is 1.63. The van der Waals surface area contributed by atoms with Crippen molar-refractivity contribution in [2.75, 3.05) is 26.8 Å². The Bertz CT molecular complexity index is 449. The van der Waals surface area contributed by atoms with E-state index in [4.69, 9.17) is 4.74 Å². The number of nitrogens with one attached hydrogen (secondary N) is 1. The molecule has 5 nitrogen and oxygen atoms in total. The van der Waals surface area contributed by atoms with Gasteiger partial charge in [-0.15, -0.1) is 0 Å². The van der Waals surface area contributed by atoms with Crippen molar-refractivity contribution in [2.45, 2.75) is 45.6 Å². The number of aryl methyl sites for hydroxylation is 1. The molecule has 2 aliphatic carbocycles. The standard InChI is InChI=1S/C16H28N4O/c1-3-5-20-15(18-12-19-20)10-16(11-17-4-6-21-2)8-13-7-14(13)9-16/h12-14,17H,3-11H2,1-2H3. The first kappa shape index (κ1) is 15.0. The first-order valence-electron chi connectivity index (χ1n) is 8.33. The molecule has 2 saturated carbocycles. The highest BCUT2D eigenvalue weighted by molar-refractivity contribution is 5.08. The zero-order valence-electron chi connectivity index (χ0n) is 13.3. The third kappa shape index (κ3) is 3.46. The van der Waals surface area contributed by atoms with Crippen molar-refractivity contribution in [1.82, 2.24) is 20.1 Å². The number of hydrogen-bond acceptors (Lipinski definition) is 4. The van der Waals surface area contributed by atoms with Crippen LogP contribution < -0.4 is 5.32 Å². The van der Waals surface area contributed by atoms with E-state index >= 15 is 0 Å². The van der Waals surface area contributed by atoms with Gasteiger partial charge in [0.25, 0.3) is 0 Å². The first-order chi connectivity index (χ1) is 10.3. The van der Waals surface area contributed by atoms with Crippen molar-refractivity contribution in [1.29, 1.82) is 0 Å². The summed E-state index contributed by atoms with van der Waals surface area (Å²) < 4.78 is 7.24. The average Bonchev–Trinajstić information content (AvgIpc) is 2.89. The summed E-state index contributed by atoms with van der Waals surface area (Å²) in [6.45, 7) is 5.99. The lowest BCUT2D eigenvalue weighted by atomic mass is 9.79. The second-order valence-electron chi connectivity index (χ2n) is 6.91. The van der Waals surface area contributed by atoms with Crippen molar-refractivity contribution in [3.05, 3.63) is 12.2 Å². The van der Waals surface area contributed by atoms with Gasteiger partial charge in [-0.2, -0.15) is 5.10 Å². The van der Waals surface area contributed by atoms with Crippen LogP contribution in [0.1, 0.15) is 38.4 Å². The molecule has 2 unspecified atom stereocenters. The summed E-state index contributed by atoms with van der Waals surface area (Å²) in [5, 5.41) is 7.98. The summed E-state index contributed by atoms with van der Waals surface area (Å²) >= 11 is 0. The molecule has 0 bridgehead atoms. The Morgan fingerprint density at radius 3 is 2.95 bits per heavy atom. The summed E-state index contributed by atoms with van der Waals surface area (Å²) in [5.41, 5.74) is 0.389. The first-order valence-corrected chi connectivity index (χ1v) is 8.33.